The normalized spacial score (nSPS) is 30.9. The summed E-state index contributed by atoms with van der Waals surface area (Å²) in [7, 11) is 0. The van der Waals surface area contributed by atoms with Gasteiger partial charge >= 0.3 is 0 Å². The van der Waals surface area contributed by atoms with Crippen LogP contribution in [0.5, 0.6) is 0 Å². The molecule has 1 atom stereocenters. The molecule has 1 heterocycles. The molecule has 17 heavy (non-hydrogen) atoms. The second-order valence-corrected chi connectivity index (χ2v) is 6.66. The van der Waals surface area contributed by atoms with Gasteiger partial charge in [-0.25, -0.2) is 0 Å². The van der Waals surface area contributed by atoms with E-state index in [1.54, 1.807) is 0 Å². The lowest BCUT2D eigenvalue weighted by Crippen LogP contribution is -2.51. The highest BCUT2D eigenvalue weighted by molar-refractivity contribution is 5.85. The van der Waals surface area contributed by atoms with Crippen molar-refractivity contribution < 1.29 is 0 Å². The van der Waals surface area contributed by atoms with E-state index in [1.165, 1.54) is 51.9 Å². The van der Waals surface area contributed by atoms with Gasteiger partial charge in [-0.3, -0.25) is 4.90 Å². The van der Waals surface area contributed by atoms with Crippen LogP contribution in [0, 0.1) is 11.3 Å². The fourth-order valence-electron chi connectivity index (χ4n) is 3.13. The van der Waals surface area contributed by atoms with Crippen molar-refractivity contribution >= 4 is 12.4 Å². The lowest BCUT2D eigenvalue weighted by molar-refractivity contribution is 0.107. The number of nitrogens with one attached hydrogen (secondary N) is 1. The van der Waals surface area contributed by atoms with E-state index in [0.717, 1.165) is 12.0 Å². The first-order valence-electron chi connectivity index (χ1n) is 7.02. The summed E-state index contributed by atoms with van der Waals surface area (Å²) in [5.74, 6) is 0.966. The number of nitrogens with zero attached hydrogens (tertiary/aromatic N) is 1. The molecule has 1 N–H and O–H groups in total. The molecule has 1 aliphatic carbocycles. The van der Waals surface area contributed by atoms with Crippen molar-refractivity contribution in [2.75, 3.05) is 26.2 Å². The molecule has 2 nitrogen and oxygen atoms in total. The quantitative estimate of drug-likeness (QED) is 0.821. The number of piperazine rings is 1. The lowest BCUT2D eigenvalue weighted by atomic mass is 9.73. The summed E-state index contributed by atoms with van der Waals surface area (Å²) in [5.41, 5.74) is 0.617. The van der Waals surface area contributed by atoms with Crippen molar-refractivity contribution in [1.82, 2.24) is 10.2 Å². The van der Waals surface area contributed by atoms with Gasteiger partial charge in [0, 0.05) is 32.2 Å². The van der Waals surface area contributed by atoms with Crippen molar-refractivity contribution in [3.63, 3.8) is 0 Å². The minimum atomic E-state index is 0. The molecule has 3 heteroatoms. The average Bonchev–Trinajstić information content (AvgIpc) is 2.24. The van der Waals surface area contributed by atoms with Crippen LogP contribution in [0.4, 0.5) is 0 Å². The summed E-state index contributed by atoms with van der Waals surface area (Å²) in [6.45, 7) is 12.2. The molecule has 0 amide bonds. The molecule has 2 rings (SSSR count). The Labute approximate surface area is 113 Å². The Morgan fingerprint density at radius 3 is 2.47 bits per heavy atom. The largest absolute Gasteiger partial charge is 0.314 e. The van der Waals surface area contributed by atoms with Gasteiger partial charge in [0.1, 0.15) is 0 Å². The topological polar surface area (TPSA) is 15.3 Å². The van der Waals surface area contributed by atoms with E-state index >= 15 is 0 Å². The molecule has 1 saturated carbocycles. The smallest absolute Gasteiger partial charge is 0.0193 e. The second kappa shape index (κ2) is 6.40. The standard InChI is InChI=1S/C14H28N2.ClH/c1-12-10-15-8-9-16(12)11-13-4-6-14(2,3)7-5-13;/h12-13,15H,4-11H2,1-3H3;1H. The van der Waals surface area contributed by atoms with E-state index in [2.05, 4.69) is 31.0 Å². The highest BCUT2D eigenvalue weighted by Crippen LogP contribution is 2.38. The monoisotopic (exact) mass is 260 g/mol. The number of hydrogen-bond acceptors (Lipinski definition) is 2. The molecule has 2 fully saturated rings. The first-order valence-corrected chi connectivity index (χ1v) is 7.02. The van der Waals surface area contributed by atoms with E-state index in [-0.39, 0.29) is 12.4 Å². The first-order chi connectivity index (χ1) is 7.57. The van der Waals surface area contributed by atoms with Crippen LogP contribution >= 0.6 is 12.4 Å². The van der Waals surface area contributed by atoms with Gasteiger partial charge in [0.25, 0.3) is 0 Å². The van der Waals surface area contributed by atoms with Crippen LogP contribution in [-0.4, -0.2) is 37.1 Å². The predicted molar refractivity (Wildman–Crippen MR) is 76.9 cm³/mol. The molecule has 0 bridgehead atoms. The van der Waals surface area contributed by atoms with Gasteiger partial charge in [0.2, 0.25) is 0 Å². The van der Waals surface area contributed by atoms with Crippen molar-refractivity contribution in [2.45, 2.75) is 52.5 Å². The summed E-state index contributed by atoms with van der Waals surface area (Å²) >= 11 is 0. The highest BCUT2D eigenvalue weighted by Gasteiger charge is 2.29. The Hall–Kier alpha value is 0.210. The Morgan fingerprint density at radius 2 is 1.88 bits per heavy atom. The first kappa shape index (κ1) is 15.3. The van der Waals surface area contributed by atoms with E-state index in [9.17, 15) is 0 Å². The van der Waals surface area contributed by atoms with Crippen LogP contribution in [-0.2, 0) is 0 Å². The molecule has 0 aromatic rings. The predicted octanol–water partition coefficient (Wildman–Crippen LogP) is 2.92. The minimum absolute atomic E-state index is 0. The van der Waals surface area contributed by atoms with Crippen molar-refractivity contribution in [2.24, 2.45) is 11.3 Å². The molecular formula is C14H29ClN2. The Bertz CT molecular complexity index is 220. The van der Waals surface area contributed by atoms with Gasteiger partial charge in [-0.15, -0.1) is 12.4 Å². The third-order valence-electron chi connectivity index (χ3n) is 4.59. The van der Waals surface area contributed by atoms with Crippen molar-refractivity contribution in [3.8, 4) is 0 Å². The van der Waals surface area contributed by atoms with Gasteiger partial charge in [-0.1, -0.05) is 13.8 Å². The minimum Gasteiger partial charge on any atom is -0.314 e. The molecule has 0 spiro atoms. The summed E-state index contributed by atoms with van der Waals surface area (Å²) in [5, 5.41) is 3.47. The summed E-state index contributed by atoms with van der Waals surface area (Å²) in [6, 6.07) is 0.740. The Balaban J connectivity index is 0.00000144. The molecule has 0 aromatic carbocycles. The molecule has 102 valence electrons. The number of rotatable bonds is 2. The Kier molecular flexibility index (Phi) is 5.75. The van der Waals surface area contributed by atoms with Crippen LogP contribution in [0.2, 0.25) is 0 Å². The van der Waals surface area contributed by atoms with E-state index in [4.69, 9.17) is 0 Å². The molecule has 1 unspecified atom stereocenters. The maximum atomic E-state index is 3.47. The van der Waals surface area contributed by atoms with E-state index in [0.29, 0.717) is 5.41 Å². The van der Waals surface area contributed by atoms with Gasteiger partial charge in [-0.2, -0.15) is 0 Å². The third kappa shape index (κ3) is 4.42. The zero-order chi connectivity index (χ0) is 11.6. The van der Waals surface area contributed by atoms with E-state index in [1.807, 2.05) is 0 Å². The molecule has 1 aliphatic heterocycles. The number of halogens is 1. The fraction of sp³-hybridized carbons (Fsp3) is 1.00. The van der Waals surface area contributed by atoms with Gasteiger partial charge in [0.05, 0.1) is 0 Å². The zero-order valence-corrected chi connectivity index (χ0v) is 12.5. The number of hydrogen-bond donors (Lipinski definition) is 1. The fourth-order valence-corrected chi connectivity index (χ4v) is 3.13. The van der Waals surface area contributed by atoms with Crippen LogP contribution in [0.3, 0.4) is 0 Å². The SMILES string of the molecule is CC1CNCCN1CC1CCC(C)(C)CC1.Cl. The second-order valence-electron chi connectivity index (χ2n) is 6.66. The summed E-state index contributed by atoms with van der Waals surface area (Å²) < 4.78 is 0. The average molecular weight is 261 g/mol. The van der Waals surface area contributed by atoms with E-state index < -0.39 is 0 Å². The van der Waals surface area contributed by atoms with Gasteiger partial charge in [-0.05, 0) is 43.9 Å². The van der Waals surface area contributed by atoms with Crippen molar-refractivity contribution in [1.29, 1.82) is 0 Å². The van der Waals surface area contributed by atoms with Crippen LogP contribution in [0.25, 0.3) is 0 Å². The Morgan fingerprint density at radius 1 is 1.24 bits per heavy atom. The van der Waals surface area contributed by atoms with Crippen LogP contribution in [0.15, 0.2) is 0 Å². The van der Waals surface area contributed by atoms with Crippen LogP contribution < -0.4 is 5.32 Å². The van der Waals surface area contributed by atoms with Crippen molar-refractivity contribution in [3.05, 3.63) is 0 Å². The summed E-state index contributed by atoms with van der Waals surface area (Å²) in [4.78, 5) is 2.69. The zero-order valence-electron chi connectivity index (χ0n) is 11.7. The summed E-state index contributed by atoms with van der Waals surface area (Å²) in [6.07, 6.45) is 5.75. The maximum Gasteiger partial charge on any atom is 0.0193 e. The van der Waals surface area contributed by atoms with Gasteiger partial charge < -0.3 is 5.32 Å². The van der Waals surface area contributed by atoms with Gasteiger partial charge in [0.15, 0.2) is 0 Å². The third-order valence-corrected chi connectivity index (χ3v) is 4.59. The lowest BCUT2D eigenvalue weighted by Gasteiger charge is -2.40. The molecule has 1 saturated heterocycles. The van der Waals surface area contributed by atoms with Crippen LogP contribution in [0.1, 0.15) is 46.5 Å². The molecular weight excluding hydrogens is 232 g/mol. The molecule has 0 radical (unpaired) electrons. The highest BCUT2D eigenvalue weighted by atomic mass is 35.5. The maximum absolute atomic E-state index is 3.47. The molecule has 2 aliphatic rings. The molecule has 0 aromatic heterocycles.